The second-order valence-corrected chi connectivity index (χ2v) is 5.92. The van der Waals surface area contributed by atoms with Crippen LogP contribution in [-0.4, -0.2) is 29.7 Å². The van der Waals surface area contributed by atoms with E-state index < -0.39 is 0 Å². The molecule has 4 nitrogen and oxygen atoms in total. The van der Waals surface area contributed by atoms with Gasteiger partial charge in [0, 0.05) is 6.54 Å². The van der Waals surface area contributed by atoms with Gasteiger partial charge in [0.25, 0.3) is 0 Å². The maximum atomic E-state index is 12.3. The molecular weight excluding hydrogens is 252 g/mol. The first-order valence-electron chi connectivity index (χ1n) is 7.31. The van der Waals surface area contributed by atoms with Gasteiger partial charge in [-0.25, -0.2) is 0 Å². The molecule has 0 saturated carbocycles. The van der Waals surface area contributed by atoms with Crippen molar-refractivity contribution in [3.8, 4) is 0 Å². The Labute approximate surface area is 120 Å². The average Bonchev–Trinajstić information content (AvgIpc) is 2.45. The molecule has 1 aliphatic rings. The minimum atomic E-state index is -0.203. The van der Waals surface area contributed by atoms with Gasteiger partial charge in [-0.15, -0.1) is 0 Å². The van der Waals surface area contributed by atoms with E-state index in [0.717, 1.165) is 13.0 Å². The van der Waals surface area contributed by atoms with Crippen LogP contribution in [0.1, 0.15) is 31.4 Å². The summed E-state index contributed by atoms with van der Waals surface area (Å²) >= 11 is 0. The lowest BCUT2D eigenvalue weighted by Crippen LogP contribution is -2.51. The largest absolute Gasteiger partial charge is 0.394 e. The fourth-order valence-corrected chi connectivity index (χ4v) is 2.69. The quantitative estimate of drug-likeness (QED) is 0.758. The van der Waals surface area contributed by atoms with Crippen molar-refractivity contribution in [2.24, 2.45) is 5.92 Å². The first-order chi connectivity index (χ1) is 9.60. The lowest BCUT2D eigenvalue weighted by Gasteiger charge is -2.27. The Morgan fingerprint density at radius 1 is 1.40 bits per heavy atom. The van der Waals surface area contributed by atoms with Crippen LogP contribution in [0.4, 0.5) is 0 Å². The second-order valence-electron chi connectivity index (χ2n) is 5.92. The summed E-state index contributed by atoms with van der Waals surface area (Å²) < 4.78 is 0. The summed E-state index contributed by atoms with van der Waals surface area (Å²) in [6, 6.07) is 7.84. The standard InChI is InChI=1S/C16H24N2O2/c1-11(2)7-14(10-19)18-16(20)15-8-12-5-3-4-6-13(12)9-17-15/h3-6,11,14-15,17,19H,7-10H2,1-2H3,(H,18,20). The molecule has 0 aromatic heterocycles. The summed E-state index contributed by atoms with van der Waals surface area (Å²) in [5, 5.41) is 15.6. The Morgan fingerprint density at radius 2 is 2.10 bits per heavy atom. The van der Waals surface area contributed by atoms with Crippen LogP contribution in [0.15, 0.2) is 24.3 Å². The number of benzene rings is 1. The number of fused-ring (bicyclic) bond motifs is 1. The number of hydrogen-bond donors (Lipinski definition) is 3. The van der Waals surface area contributed by atoms with Crippen LogP contribution in [0.5, 0.6) is 0 Å². The molecule has 1 aromatic rings. The van der Waals surface area contributed by atoms with Gasteiger partial charge in [-0.2, -0.15) is 0 Å². The third kappa shape index (κ3) is 3.81. The first kappa shape index (κ1) is 15.0. The number of carbonyl (C=O) groups is 1. The Balaban J connectivity index is 1.94. The van der Waals surface area contributed by atoms with Gasteiger partial charge in [-0.3, -0.25) is 4.79 Å². The van der Waals surface area contributed by atoms with Gasteiger partial charge in [0.1, 0.15) is 0 Å². The molecule has 1 aromatic carbocycles. The second kappa shape index (κ2) is 6.86. The summed E-state index contributed by atoms with van der Waals surface area (Å²) in [6.45, 7) is 4.89. The molecule has 0 bridgehead atoms. The molecule has 2 unspecified atom stereocenters. The number of aliphatic hydroxyl groups excluding tert-OH is 1. The molecule has 2 rings (SSSR count). The van der Waals surface area contributed by atoms with E-state index in [4.69, 9.17) is 0 Å². The van der Waals surface area contributed by atoms with Crippen LogP contribution < -0.4 is 10.6 Å². The van der Waals surface area contributed by atoms with Gasteiger partial charge in [0.2, 0.25) is 5.91 Å². The predicted octanol–water partition coefficient (Wildman–Crippen LogP) is 1.22. The zero-order valence-electron chi connectivity index (χ0n) is 12.2. The molecule has 2 atom stereocenters. The smallest absolute Gasteiger partial charge is 0.237 e. The van der Waals surface area contributed by atoms with Crippen molar-refractivity contribution in [3.05, 3.63) is 35.4 Å². The lowest BCUT2D eigenvalue weighted by molar-refractivity contribution is -0.124. The topological polar surface area (TPSA) is 61.4 Å². The number of hydrogen-bond acceptors (Lipinski definition) is 3. The van der Waals surface area contributed by atoms with Crippen LogP contribution >= 0.6 is 0 Å². The fraction of sp³-hybridized carbons (Fsp3) is 0.562. The summed E-state index contributed by atoms with van der Waals surface area (Å²) in [5.74, 6) is 0.437. The van der Waals surface area contributed by atoms with Crippen molar-refractivity contribution in [3.63, 3.8) is 0 Å². The van der Waals surface area contributed by atoms with Crippen LogP contribution in [0.2, 0.25) is 0 Å². The van der Waals surface area contributed by atoms with Crippen molar-refractivity contribution in [2.45, 2.75) is 45.3 Å². The van der Waals surface area contributed by atoms with E-state index in [0.29, 0.717) is 12.3 Å². The molecule has 20 heavy (non-hydrogen) atoms. The zero-order chi connectivity index (χ0) is 14.5. The van der Waals surface area contributed by atoms with Crippen molar-refractivity contribution in [1.29, 1.82) is 0 Å². The Bertz CT molecular complexity index is 460. The lowest BCUT2D eigenvalue weighted by atomic mass is 9.95. The van der Waals surface area contributed by atoms with Crippen LogP contribution in [0.25, 0.3) is 0 Å². The molecule has 1 aliphatic heterocycles. The van der Waals surface area contributed by atoms with Gasteiger partial charge >= 0.3 is 0 Å². The van der Waals surface area contributed by atoms with Crippen molar-refractivity contribution in [1.82, 2.24) is 10.6 Å². The summed E-state index contributed by atoms with van der Waals surface area (Å²) in [7, 11) is 0. The van der Waals surface area contributed by atoms with E-state index in [2.05, 4.69) is 36.6 Å². The number of aliphatic hydroxyl groups is 1. The van der Waals surface area contributed by atoms with Crippen molar-refractivity contribution >= 4 is 5.91 Å². The van der Waals surface area contributed by atoms with E-state index in [-0.39, 0.29) is 24.6 Å². The predicted molar refractivity (Wildman–Crippen MR) is 79.2 cm³/mol. The molecule has 3 N–H and O–H groups in total. The van der Waals surface area contributed by atoms with E-state index in [1.807, 2.05) is 12.1 Å². The highest BCUT2D eigenvalue weighted by Crippen LogP contribution is 2.16. The van der Waals surface area contributed by atoms with Gasteiger partial charge in [0.05, 0.1) is 18.7 Å². The molecule has 0 radical (unpaired) electrons. The monoisotopic (exact) mass is 276 g/mol. The van der Waals surface area contributed by atoms with E-state index in [9.17, 15) is 9.90 Å². The molecule has 0 saturated heterocycles. The van der Waals surface area contributed by atoms with Crippen molar-refractivity contribution in [2.75, 3.05) is 6.61 Å². The highest BCUT2D eigenvalue weighted by Gasteiger charge is 2.25. The Hall–Kier alpha value is -1.39. The molecule has 1 heterocycles. The Kier molecular flexibility index (Phi) is 5.15. The average molecular weight is 276 g/mol. The molecule has 1 amide bonds. The van der Waals surface area contributed by atoms with Gasteiger partial charge in [0.15, 0.2) is 0 Å². The van der Waals surface area contributed by atoms with Crippen LogP contribution in [-0.2, 0) is 17.8 Å². The van der Waals surface area contributed by atoms with Gasteiger partial charge < -0.3 is 15.7 Å². The molecular formula is C16H24N2O2. The fourth-order valence-electron chi connectivity index (χ4n) is 2.69. The maximum Gasteiger partial charge on any atom is 0.237 e. The highest BCUT2D eigenvalue weighted by atomic mass is 16.3. The third-order valence-corrected chi connectivity index (χ3v) is 3.72. The maximum absolute atomic E-state index is 12.3. The summed E-state index contributed by atoms with van der Waals surface area (Å²) in [6.07, 6.45) is 1.51. The molecule has 0 spiro atoms. The van der Waals surface area contributed by atoms with Crippen LogP contribution in [0, 0.1) is 5.92 Å². The number of rotatable bonds is 5. The number of nitrogens with one attached hydrogen (secondary N) is 2. The normalized spacial score (nSPS) is 19.5. The highest BCUT2D eigenvalue weighted by molar-refractivity contribution is 5.82. The summed E-state index contributed by atoms with van der Waals surface area (Å²) in [5.41, 5.74) is 2.49. The number of amides is 1. The molecule has 0 aliphatic carbocycles. The van der Waals surface area contributed by atoms with Gasteiger partial charge in [-0.05, 0) is 29.9 Å². The third-order valence-electron chi connectivity index (χ3n) is 3.72. The van der Waals surface area contributed by atoms with E-state index in [1.165, 1.54) is 11.1 Å². The van der Waals surface area contributed by atoms with Crippen LogP contribution in [0.3, 0.4) is 0 Å². The van der Waals surface area contributed by atoms with Gasteiger partial charge in [-0.1, -0.05) is 38.1 Å². The van der Waals surface area contributed by atoms with E-state index >= 15 is 0 Å². The molecule has 110 valence electrons. The zero-order valence-corrected chi connectivity index (χ0v) is 12.2. The SMILES string of the molecule is CC(C)CC(CO)NC(=O)C1Cc2ccccc2CN1. The van der Waals surface area contributed by atoms with E-state index in [1.54, 1.807) is 0 Å². The summed E-state index contributed by atoms with van der Waals surface area (Å²) in [4.78, 5) is 12.3. The minimum absolute atomic E-state index is 0.00672. The van der Waals surface area contributed by atoms with Crippen molar-refractivity contribution < 1.29 is 9.90 Å². The minimum Gasteiger partial charge on any atom is -0.394 e. The molecule has 4 heteroatoms. The first-order valence-corrected chi connectivity index (χ1v) is 7.31. The number of carbonyl (C=O) groups excluding carboxylic acids is 1. The Morgan fingerprint density at radius 3 is 2.75 bits per heavy atom. The molecule has 0 fully saturated rings.